The van der Waals surface area contributed by atoms with Crippen molar-refractivity contribution in [3.63, 3.8) is 0 Å². The van der Waals surface area contributed by atoms with Gasteiger partial charge in [-0.2, -0.15) is 0 Å². The van der Waals surface area contributed by atoms with Crippen molar-refractivity contribution >= 4 is 5.91 Å². The van der Waals surface area contributed by atoms with Crippen molar-refractivity contribution < 1.29 is 9.53 Å². The van der Waals surface area contributed by atoms with E-state index in [0.717, 1.165) is 45.1 Å². The second kappa shape index (κ2) is 6.57. The van der Waals surface area contributed by atoms with Crippen molar-refractivity contribution in [1.82, 2.24) is 14.8 Å². The number of ether oxygens (including phenoxy) is 1. The van der Waals surface area contributed by atoms with E-state index in [4.69, 9.17) is 4.74 Å². The van der Waals surface area contributed by atoms with Gasteiger partial charge in [-0.05, 0) is 43.7 Å². The Labute approximate surface area is 137 Å². The molecular formula is C18H25N3O2. The van der Waals surface area contributed by atoms with Gasteiger partial charge in [0.25, 0.3) is 5.91 Å². The Morgan fingerprint density at radius 1 is 1.22 bits per heavy atom. The number of carbonyl (C=O) groups is 1. The summed E-state index contributed by atoms with van der Waals surface area (Å²) in [4.78, 5) is 21.2. The van der Waals surface area contributed by atoms with Crippen LogP contribution in [0.2, 0.25) is 0 Å². The van der Waals surface area contributed by atoms with Crippen LogP contribution >= 0.6 is 0 Å². The number of carbonyl (C=O) groups excluding carboxylic acids is 1. The van der Waals surface area contributed by atoms with E-state index in [0.29, 0.717) is 17.6 Å². The quantitative estimate of drug-likeness (QED) is 0.831. The molecule has 0 atom stereocenters. The molecule has 0 radical (unpaired) electrons. The van der Waals surface area contributed by atoms with Gasteiger partial charge < -0.3 is 9.64 Å². The van der Waals surface area contributed by atoms with Crippen molar-refractivity contribution in [3.8, 4) is 0 Å². The van der Waals surface area contributed by atoms with Crippen LogP contribution in [0.25, 0.3) is 0 Å². The highest BCUT2D eigenvalue weighted by Crippen LogP contribution is 2.34. The number of likely N-dealkylation sites (tertiary alicyclic amines) is 1. The number of amides is 1. The molecule has 0 spiro atoms. The van der Waals surface area contributed by atoms with Crippen LogP contribution < -0.4 is 0 Å². The van der Waals surface area contributed by atoms with Crippen molar-refractivity contribution in [1.29, 1.82) is 0 Å². The fourth-order valence-corrected chi connectivity index (χ4v) is 3.71. The molecule has 5 heteroatoms. The molecule has 5 nitrogen and oxygen atoms in total. The summed E-state index contributed by atoms with van der Waals surface area (Å²) in [6, 6.07) is 4.85. The largest absolute Gasteiger partial charge is 0.381 e. The lowest BCUT2D eigenvalue weighted by molar-refractivity contribution is -0.0267. The average Bonchev–Trinajstić information content (AvgIpc) is 3.38. The number of hydrogen-bond donors (Lipinski definition) is 0. The van der Waals surface area contributed by atoms with E-state index in [1.807, 2.05) is 17.0 Å². The first-order chi connectivity index (χ1) is 11.3. The molecule has 124 valence electrons. The Bertz CT molecular complexity index is 534. The highest BCUT2D eigenvalue weighted by Gasteiger charge is 2.40. The van der Waals surface area contributed by atoms with Crippen LogP contribution in [-0.2, 0) is 4.74 Å². The van der Waals surface area contributed by atoms with E-state index >= 15 is 0 Å². The van der Waals surface area contributed by atoms with Crippen LogP contribution in [0.4, 0.5) is 0 Å². The van der Waals surface area contributed by atoms with Gasteiger partial charge >= 0.3 is 0 Å². The molecule has 3 heterocycles. The number of pyridine rings is 1. The Balaban J connectivity index is 1.36. The zero-order valence-corrected chi connectivity index (χ0v) is 13.6. The predicted octanol–water partition coefficient (Wildman–Crippen LogP) is 1.80. The number of hydrogen-bond acceptors (Lipinski definition) is 4. The van der Waals surface area contributed by atoms with Gasteiger partial charge in [0.15, 0.2) is 0 Å². The molecule has 1 aliphatic carbocycles. The second-order valence-electron chi connectivity index (χ2n) is 7.09. The summed E-state index contributed by atoms with van der Waals surface area (Å²) in [5.41, 5.74) is 0.700. The van der Waals surface area contributed by atoms with E-state index in [9.17, 15) is 4.79 Å². The van der Waals surface area contributed by atoms with Gasteiger partial charge in [-0.3, -0.25) is 14.7 Å². The molecule has 0 unspecified atom stereocenters. The minimum atomic E-state index is 0.118. The Morgan fingerprint density at radius 3 is 2.65 bits per heavy atom. The van der Waals surface area contributed by atoms with Crippen LogP contribution in [0.15, 0.2) is 24.5 Å². The average molecular weight is 315 g/mol. The van der Waals surface area contributed by atoms with Gasteiger partial charge in [0.05, 0.1) is 5.56 Å². The minimum absolute atomic E-state index is 0.118. The maximum atomic E-state index is 12.5. The lowest BCUT2D eigenvalue weighted by Gasteiger charge is -2.49. The third-order valence-corrected chi connectivity index (χ3v) is 5.35. The third kappa shape index (κ3) is 3.40. The zero-order valence-electron chi connectivity index (χ0n) is 13.6. The molecule has 1 amide bonds. The van der Waals surface area contributed by atoms with Crippen LogP contribution in [0, 0.1) is 5.92 Å². The molecular weight excluding hydrogens is 290 g/mol. The standard InChI is InChI=1S/C18H25N3O2/c22-18(15-2-1-7-19-10-15)20-12-17(13-20)21(11-14-3-4-14)16-5-8-23-9-6-16/h1-2,7,10,14,16-17H,3-6,8-9,11-13H2. The molecule has 0 aromatic carbocycles. The van der Waals surface area contributed by atoms with Crippen LogP contribution in [-0.4, -0.2) is 65.6 Å². The molecule has 1 aromatic heterocycles. The summed E-state index contributed by atoms with van der Waals surface area (Å²) in [5, 5.41) is 0. The van der Waals surface area contributed by atoms with Gasteiger partial charge in [-0.15, -0.1) is 0 Å². The molecule has 2 aliphatic heterocycles. The maximum Gasteiger partial charge on any atom is 0.255 e. The number of aromatic nitrogens is 1. The van der Waals surface area contributed by atoms with Crippen LogP contribution in [0.5, 0.6) is 0 Å². The molecule has 1 saturated carbocycles. The predicted molar refractivity (Wildman–Crippen MR) is 87.2 cm³/mol. The number of rotatable bonds is 5. The smallest absolute Gasteiger partial charge is 0.255 e. The summed E-state index contributed by atoms with van der Waals surface area (Å²) >= 11 is 0. The summed E-state index contributed by atoms with van der Waals surface area (Å²) in [6.07, 6.45) is 8.41. The molecule has 0 N–H and O–H groups in total. The van der Waals surface area contributed by atoms with Gasteiger partial charge in [0.2, 0.25) is 0 Å². The SMILES string of the molecule is O=C(c1cccnc1)N1CC(N(CC2CC2)C2CCOCC2)C1. The van der Waals surface area contributed by atoms with E-state index in [2.05, 4.69) is 9.88 Å². The normalized spacial score (nSPS) is 23.1. The first-order valence-corrected chi connectivity index (χ1v) is 8.84. The summed E-state index contributed by atoms with van der Waals surface area (Å²) in [6.45, 7) is 4.70. The molecule has 3 fully saturated rings. The van der Waals surface area contributed by atoms with E-state index in [1.165, 1.54) is 19.4 Å². The molecule has 4 rings (SSSR count). The first-order valence-electron chi connectivity index (χ1n) is 8.84. The van der Waals surface area contributed by atoms with E-state index in [-0.39, 0.29) is 5.91 Å². The number of nitrogens with zero attached hydrogens (tertiary/aromatic N) is 3. The Kier molecular flexibility index (Phi) is 4.31. The Morgan fingerprint density at radius 2 is 2.00 bits per heavy atom. The summed E-state index contributed by atoms with van der Waals surface area (Å²) in [5.74, 6) is 1.01. The zero-order chi connectivity index (χ0) is 15.6. The summed E-state index contributed by atoms with van der Waals surface area (Å²) in [7, 11) is 0. The van der Waals surface area contributed by atoms with Crippen molar-refractivity contribution in [3.05, 3.63) is 30.1 Å². The molecule has 3 aliphatic rings. The van der Waals surface area contributed by atoms with Crippen LogP contribution in [0.3, 0.4) is 0 Å². The topological polar surface area (TPSA) is 45.7 Å². The fraction of sp³-hybridized carbons (Fsp3) is 0.667. The third-order valence-electron chi connectivity index (χ3n) is 5.35. The molecule has 23 heavy (non-hydrogen) atoms. The first kappa shape index (κ1) is 15.1. The van der Waals surface area contributed by atoms with Gasteiger partial charge in [0.1, 0.15) is 0 Å². The van der Waals surface area contributed by atoms with Gasteiger partial charge in [-0.25, -0.2) is 0 Å². The minimum Gasteiger partial charge on any atom is -0.381 e. The van der Waals surface area contributed by atoms with Crippen LogP contribution in [0.1, 0.15) is 36.0 Å². The second-order valence-corrected chi connectivity index (χ2v) is 7.09. The molecule has 1 aromatic rings. The fourth-order valence-electron chi connectivity index (χ4n) is 3.71. The summed E-state index contributed by atoms with van der Waals surface area (Å²) < 4.78 is 5.52. The van der Waals surface area contributed by atoms with Crippen molar-refractivity contribution in [2.45, 2.75) is 37.8 Å². The van der Waals surface area contributed by atoms with Crippen molar-refractivity contribution in [2.75, 3.05) is 32.8 Å². The van der Waals surface area contributed by atoms with Gasteiger partial charge in [0, 0.05) is 57.3 Å². The van der Waals surface area contributed by atoms with E-state index < -0.39 is 0 Å². The van der Waals surface area contributed by atoms with Crippen molar-refractivity contribution in [2.24, 2.45) is 5.92 Å². The van der Waals surface area contributed by atoms with E-state index in [1.54, 1.807) is 12.4 Å². The monoisotopic (exact) mass is 315 g/mol. The molecule has 0 bridgehead atoms. The lowest BCUT2D eigenvalue weighted by atomic mass is 9.98. The van der Waals surface area contributed by atoms with Gasteiger partial charge in [-0.1, -0.05) is 0 Å². The highest BCUT2D eigenvalue weighted by atomic mass is 16.5. The molecule has 2 saturated heterocycles. The highest BCUT2D eigenvalue weighted by molar-refractivity contribution is 5.94. The maximum absolute atomic E-state index is 12.5. The lowest BCUT2D eigenvalue weighted by Crippen LogP contribution is -2.64. The Hall–Kier alpha value is -1.46.